The maximum absolute atomic E-state index is 12.6. The van der Waals surface area contributed by atoms with Crippen molar-refractivity contribution in [2.24, 2.45) is 5.92 Å². The summed E-state index contributed by atoms with van der Waals surface area (Å²) in [7, 11) is 1.64. The van der Waals surface area contributed by atoms with E-state index in [9.17, 15) is 4.79 Å². The van der Waals surface area contributed by atoms with Gasteiger partial charge in [-0.05, 0) is 73.4 Å². The topological polar surface area (TPSA) is 51.7 Å². The monoisotopic (exact) mass is 436 g/mol. The van der Waals surface area contributed by atoms with E-state index in [0.717, 1.165) is 41.3 Å². The van der Waals surface area contributed by atoms with Crippen LogP contribution in [0, 0.1) is 5.92 Å². The number of hydrogen-bond acceptors (Lipinski definition) is 5. The number of anilines is 2. The molecular weight excluding hydrogens is 408 g/mol. The third-order valence-electron chi connectivity index (χ3n) is 4.75. The largest absolute Gasteiger partial charge is 0.497 e. The van der Waals surface area contributed by atoms with Crippen LogP contribution in [0.25, 0.3) is 11.3 Å². The molecule has 6 heteroatoms. The van der Waals surface area contributed by atoms with Crippen LogP contribution in [0.4, 0.5) is 10.8 Å². The van der Waals surface area contributed by atoms with Crippen LogP contribution in [-0.2, 0) is 4.79 Å². The number of carbonyl (C=O) groups excluding carboxylic acids is 1. The molecule has 0 radical (unpaired) electrons. The van der Waals surface area contributed by atoms with Crippen LogP contribution in [0.15, 0.2) is 66.6 Å². The lowest BCUT2D eigenvalue weighted by atomic mass is 10.1. The second-order valence-corrected chi connectivity index (χ2v) is 8.34. The lowest BCUT2D eigenvalue weighted by Gasteiger charge is -2.18. The molecule has 1 heterocycles. The van der Waals surface area contributed by atoms with Crippen LogP contribution >= 0.6 is 11.3 Å². The number of amides is 1. The molecule has 0 saturated carbocycles. The Morgan fingerprint density at radius 3 is 2.42 bits per heavy atom. The Morgan fingerprint density at radius 2 is 1.81 bits per heavy atom. The van der Waals surface area contributed by atoms with Gasteiger partial charge in [-0.15, -0.1) is 11.3 Å². The first kappa shape index (κ1) is 22.6. The first-order valence-corrected chi connectivity index (χ1v) is 11.2. The summed E-state index contributed by atoms with van der Waals surface area (Å²) in [6.07, 6.45) is 3.46. The molecule has 0 N–H and O–H groups in total. The first-order valence-electron chi connectivity index (χ1n) is 10.3. The standard InChI is InChI=1S/C25H28N2O3S/c1-5-24(28)27(20-10-14-22(15-11-20)30-16-6-7-18(2)3)25-26-23(17-31-25)19-8-12-21(29-4)13-9-19/h5,8-15,17-18H,1,6-7,16H2,2-4H3. The van der Waals surface area contributed by atoms with Gasteiger partial charge >= 0.3 is 0 Å². The molecule has 0 fully saturated rings. The van der Waals surface area contributed by atoms with E-state index in [1.54, 1.807) is 12.0 Å². The molecule has 0 atom stereocenters. The Labute approximate surface area is 188 Å². The van der Waals surface area contributed by atoms with Crippen molar-refractivity contribution in [2.75, 3.05) is 18.6 Å². The molecule has 1 aromatic heterocycles. The van der Waals surface area contributed by atoms with Crippen molar-refractivity contribution >= 4 is 28.1 Å². The minimum Gasteiger partial charge on any atom is -0.497 e. The highest BCUT2D eigenvalue weighted by molar-refractivity contribution is 7.14. The number of methoxy groups -OCH3 is 1. The minimum atomic E-state index is -0.235. The highest BCUT2D eigenvalue weighted by Crippen LogP contribution is 2.33. The summed E-state index contributed by atoms with van der Waals surface area (Å²) in [6.45, 7) is 8.74. The number of benzene rings is 2. The van der Waals surface area contributed by atoms with Crippen molar-refractivity contribution < 1.29 is 14.3 Å². The van der Waals surface area contributed by atoms with E-state index in [4.69, 9.17) is 9.47 Å². The Morgan fingerprint density at radius 1 is 1.13 bits per heavy atom. The quantitative estimate of drug-likeness (QED) is 0.269. The van der Waals surface area contributed by atoms with Crippen molar-refractivity contribution in [3.05, 3.63) is 66.6 Å². The smallest absolute Gasteiger partial charge is 0.256 e. The Kier molecular flexibility index (Phi) is 7.84. The van der Waals surface area contributed by atoms with Crippen molar-refractivity contribution in [3.8, 4) is 22.8 Å². The van der Waals surface area contributed by atoms with Gasteiger partial charge in [0.05, 0.1) is 25.1 Å². The molecule has 2 aromatic carbocycles. The molecule has 0 bridgehead atoms. The molecule has 5 nitrogen and oxygen atoms in total. The Balaban J connectivity index is 1.77. The Hall–Kier alpha value is -3.12. The van der Waals surface area contributed by atoms with E-state index in [1.807, 2.05) is 53.9 Å². The summed E-state index contributed by atoms with van der Waals surface area (Å²) in [5.41, 5.74) is 2.48. The van der Waals surface area contributed by atoms with Crippen LogP contribution in [0.5, 0.6) is 11.5 Å². The van der Waals surface area contributed by atoms with Gasteiger partial charge in [-0.2, -0.15) is 0 Å². The van der Waals surface area contributed by atoms with Gasteiger partial charge in [-0.1, -0.05) is 20.4 Å². The van der Waals surface area contributed by atoms with Gasteiger partial charge < -0.3 is 9.47 Å². The zero-order valence-electron chi connectivity index (χ0n) is 18.2. The molecule has 3 rings (SSSR count). The fourth-order valence-electron chi connectivity index (χ4n) is 3.06. The van der Waals surface area contributed by atoms with Gasteiger partial charge in [0.15, 0.2) is 5.13 Å². The summed E-state index contributed by atoms with van der Waals surface area (Å²) in [6, 6.07) is 15.2. The van der Waals surface area contributed by atoms with E-state index < -0.39 is 0 Å². The van der Waals surface area contributed by atoms with Crippen molar-refractivity contribution in [1.29, 1.82) is 0 Å². The first-order chi connectivity index (χ1) is 15.0. The van der Waals surface area contributed by atoms with E-state index in [1.165, 1.54) is 17.4 Å². The van der Waals surface area contributed by atoms with Gasteiger partial charge in [0.25, 0.3) is 5.91 Å². The van der Waals surface area contributed by atoms with E-state index in [-0.39, 0.29) is 5.91 Å². The molecule has 0 saturated heterocycles. The maximum Gasteiger partial charge on any atom is 0.256 e. The van der Waals surface area contributed by atoms with E-state index >= 15 is 0 Å². The fraction of sp³-hybridized carbons (Fsp3) is 0.280. The second-order valence-electron chi connectivity index (χ2n) is 7.50. The van der Waals surface area contributed by atoms with Gasteiger partial charge in [-0.3, -0.25) is 9.69 Å². The summed E-state index contributed by atoms with van der Waals surface area (Å²) in [5, 5.41) is 2.52. The highest BCUT2D eigenvalue weighted by Gasteiger charge is 2.19. The number of nitrogens with zero attached hydrogens (tertiary/aromatic N) is 2. The number of thiazole rings is 1. The molecule has 0 aliphatic rings. The molecule has 31 heavy (non-hydrogen) atoms. The lowest BCUT2D eigenvalue weighted by molar-refractivity contribution is -0.113. The SMILES string of the molecule is C=CC(=O)N(c1ccc(OCCCC(C)C)cc1)c1nc(-c2ccc(OC)cc2)cs1. The number of hydrogen-bond donors (Lipinski definition) is 0. The van der Waals surface area contributed by atoms with Crippen molar-refractivity contribution in [1.82, 2.24) is 4.98 Å². The highest BCUT2D eigenvalue weighted by atomic mass is 32.1. The number of carbonyl (C=O) groups is 1. The molecule has 1 amide bonds. The predicted octanol–water partition coefficient (Wildman–Crippen LogP) is 6.48. The Bertz CT molecular complexity index is 994. The van der Waals surface area contributed by atoms with Gasteiger partial charge in [0.2, 0.25) is 0 Å². The average Bonchev–Trinajstić information content (AvgIpc) is 3.27. The summed E-state index contributed by atoms with van der Waals surface area (Å²) in [5.74, 6) is 2.01. The number of aromatic nitrogens is 1. The predicted molar refractivity (Wildman–Crippen MR) is 127 cm³/mol. The minimum absolute atomic E-state index is 0.235. The van der Waals surface area contributed by atoms with Gasteiger partial charge in [-0.25, -0.2) is 4.98 Å². The number of ether oxygens (including phenoxy) is 2. The van der Waals surface area contributed by atoms with Crippen LogP contribution in [-0.4, -0.2) is 24.6 Å². The maximum atomic E-state index is 12.6. The molecule has 162 valence electrons. The van der Waals surface area contributed by atoms with Crippen LogP contribution in [0.1, 0.15) is 26.7 Å². The zero-order valence-corrected chi connectivity index (χ0v) is 19.0. The van der Waals surface area contributed by atoms with Crippen molar-refractivity contribution in [2.45, 2.75) is 26.7 Å². The molecule has 3 aromatic rings. The third kappa shape index (κ3) is 5.95. The zero-order chi connectivity index (χ0) is 22.2. The van der Waals surface area contributed by atoms with Gasteiger partial charge in [0.1, 0.15) is 11.5 Å². The van der Waals surface area contributed by atoms with Gasteiger partial charge in [0, 0.05) is 10.9 Å². The van der Waals surface area contributed by atoms with Crippen LogP contribution in [0.3, 0.4) is 0 Å². The summed E-state index contributed by atoms with van der Waals surface area (Å²) < 4.78 is 11.0. The lowest BCUT2D eigenvalue weighted by Crippen LogP contribution is -2.23. The average molecular weight is 437 g/mol. The number of rotatable bonds is 10. The van der Waals surface area contributed by atoms with Crippen LogP contribution in [0.2, 0.25) is 0 Å². The second kappa shape index (κ2) is 10.8. The normalized spacial score (nSPS) is 10.7. The molecular formula is C25H28N2O3S. The summed E-state index contributed by atoms with van der Waals surface area (Å²) >= 11 is 1.41. The molecule has 0 spiro atoms. The molecule has 0 aliphatic heterocycles. The van der Waals surface area contributed by atoms with Crippen molar-refractivity contribution in [3.63, 3.8) is 0 Å². The third-order valence-corrected chi connectivity index (χ3v) is 5.58. The summed E-state index contributed by atoms with van der Waals surface area (Å²) in [4.78, 5) is 18.9. The fourth-order valence-corrected chi connectivity index (χ4v) is 3.92. The molecule has 0 aliphatic carbocycles. The van der Waals surface area contributed by atoms with E-state index in [0.29, 0.717) is 17.7 Å². The van der Waals surface area contributed by atoms with Crippen LogP contribution < -0.4 is 14.4 Å². The van der Waals surface area contributed by atoms with E-state index in [2.05, 4.69) is 25.4 Å². The molecule has 0 unspecified atom stereocenters.